The summed E-state index contributed by atoms with van der Waals surface area (Å²) in [4.78, 5) is 40.9. The molecule has 158 valence electrons. The quantitative estimate of drug-likeness (QED) is 0.682. The van der Waals surface area contributed by atoms with Gasteiger partial charge >= 0.3 is 0 Å². The third-order valence-electron chi connectivity index (χ3n) is 6.38. The van der Waals surface area contributed by atoms with Crippen molar-refractivity contribution in [3.05, 3.63) is 35.4 Å². The van der Waals surface area contributed by atoms with Gasteiger partial charge in [0.1, 0.15) is 0 Å². The summed E-state index contributed by atoms with van der Waals surface area (Å²) in [6, 6.07) is 8.54. The molecule has 3 amide bonds. The van der Waals surface area contributed by atoms with Crippen molar-refractivity contribution in [3.8, 4) is 0 Å². The first-order valence-electron chi connectivity index (χ1n) is 10.8. The van der Waals surface area contributed by atoms with Crippen LogP contribution < -0.4 is 5.32 Å². The topological polar surface area (TPSA) is 69.7 Å². The molecular weight excluding hydrogens is 366 g/mol. The van der Waals surface area contributed by atoms with Crippen molar-refractivity contribution in [1.82, 2.24) is 15.1 Å². The molecular formula is C23H33N3O3. The Labute approximate surface area is 173 Å². The van der Waals surface area contributed by atoms with Crippen LogP contribution >= 0.6 is 0 Å². The predicted octanol–water partition coefficient (Wildman–Crippen LogP) is 2.53. The van der Waals surface area contributed by atoms with Gasteiger partial charge in [-0.2, -0.15) is 0 Å². The Morgan fingerprint density at radius 3 is 2.21 bits per heavy atom. The van der Waals surface area contributed by atoms with Gasteiger partial charge in [0.25, 0.3) is 0 Å². The van der Waals surface area contributed by atoms with Crippen LogP contribution in [0.15, 0.2) is 24.3 Å². The highest BCUT2D eigenvalue weighted by molar-refractivity contribution is 6.05. The second-order valence-electron chi connectivity index (χ2n) is 8.45. The van der Waals surface area contributed by atoms with Crippen LogP contribution in [0.25, 0.3) is 0 Å². The van der Waals surface area contributed by atoms with Crippen LogP contribution in [0.1, 0.15) is 56.2 Å². The Balaban J connectivity index is 1.51. The minimum absolute atomic E-state index is 0.0720. The molecule has 1 saturated heterocycles. The number of likely N-dealkylation sites (N-methyl/N-ethyl adjacent to an activating group) is 1. The van der Waals surface area contributed by atoms with Crippen molar-refractivity contribution in [3.63, 3.8) is 0 Å². The fourth-order valence-electron chi connectivity index (χ4n) is 4.54. The first-order chi connectivity index (χ1) is 13.9. The molecule has 1 N–H and O–H groups in total. The van der Waals surface area contributed by atoms with E-state index in [1.807, 2.05) is 14.1 Å². The average molecular weight is 400 g/mol. The fraction of sp³-hybridized carbons (Fsp3) is 0.609. The number of rotatable bonds is 8. The second kappa shape index (κ2) is 9.53. The summed E-state index contributed by atoms with van der Waals surface area (Å²) in [6.45, 7) is 2.81. The Morgan fingerprint density at radius 1 is 1.10 bits per heavy atom. The summed E-state index contributed by atoms with van der Waals surface area (Å²) < 4.78 is 0. The number of hydrogen-bond acceptors (Lipinski definition) is 4. The van der Waals surface area contributed by atoms with E-state index in [1.54, 1.807) is 0 Å². The zero-order valence-electron chi connectivity index (χ0n) is 17.8. The average Bonchev–Trinajstić information content (AvgIpc) is 2.97. The van der Waals surface area contributed by atoms with Crippen LogP contribution in [0.4, 0.5) is 0 Å². The zero-order valence-corrected chi connectivity index (χ0v) is 17.8. The molecule has 2 fully saturated rings. The van der Waals surface area contributed by atoms with Gasteiger partial charge in [0.2, 0.25) is 17.7 Å². The van der Waals surface area contributed by atoms with Gasteiger partial charge in [0.05, 0.1) is 17.9 Å². The van der Waals surface area contributed by atoms with Crippen LogP contribution in [0, 0.1) is 11.8 Å². The Kier molecular flexibility index (Phi) is 7.06. The number of carbonyl (C=O) groups is 3. The first-order valence-corrected chi connectivity index (χ1v) is 10.8. The van der Waals surface area contributed by atoms with Gasteiger partial charge in [-0.05, 0) is 44.5 Å². The molecule has 1 aromatic rings. The van der Waals surface area contributed by atoms with Gasteiger partial charge in [-0.1, -0.05) is 44.0 Å². The molecule has 3 rings (SSSR count). The third kappa shape index (κ3) is 4.86. The SMILES string of the molecule is CCc1ccc([C@@H](CNC(=O)CCN2C(=O)[C@H]3CCCC[C@@H]3C2=O)N(C)C)cc1. The largest absolute Gasteiger partial charge is 0.354 e. The van der Waals surface area contributed by atoms with Gasteiger partial charge in [-0.25, -0.2) is 0 Å². The second-order valence-corrected chi connectivity index (χ2v) is 8.45. The normalized spacial score (nSPS) is 22.7. The van der Waals surface area contributed by atoms with Crippen LogP contribution in [0.2, 0.25) is 0 Å². The molecule has 29 heavy (non-hydrogen) atoms. The van der Waals surface area contributed by atoms with Crippen LogP contribution in [-0.4, -0.2) is 54.7 Å². The van der Waals surface area contributed by atoms with Crippen LogP contribution in [-0.2, 0) is 20.8 Å². The van der Waals surface area contributed by atoms with Gasteiger partial charge < -0.3 is 10.2 Å². The molecule has 0 spiro atoms. The molecule has 2 aliphatic rings. The number of amides is 3. The summed E-state index contributed by atoms with van der Waals surface area (Å²) in [5, 5.41) is 2.98. The standard InChI is InChI=1S/C23H33N3O3/c1-4-16-9-11-17(12-10-16)20(25(2)3)15-24-21(27)13-14-26-22(28)18-7-5-6-8-19(18)23(26)29/h9-12,18-20H,4-8,13-15H2,1-3H3,(H,24,27)/t18-,19-,20+/m0/s1. The molecule has 0 bridgehead atoms. The van der Waals surface area contributed by atoms with Crippen LogP contribution in [0.3, 0.4) is 0 Å². The molecule has 6 nitrogen and oxygen atoms in total. The molecule has 1 aliphatic carbocycles. The number of hydrogen-bond donors (Lipinski definition) is 1. The van der Waals surface area contributed by atoms with E-state index in [9.17, 15) is 14.4 Å². The predicted molar refractivity (Wildman–Crippen MR) is 112 cm³/mol. The maximum absolute atomic E-state index is 12.5. The number of carbonyl (C=O) groups excluding carboxylic acids is 3. The molecule has 1 heterocycles. The van der Waals surface area contributed by atoms with E-state index in [2.05, 4.69) is 41.4 Å². The zero-order chi connectivity index (χ0) is 21.0. The van der Waals surface area contributed by atoms with Gasteiger partial charge in [0.15, 0.2) is 0 Å². The fourth-order valence-corrected chi connectivity index (χ4v) is 4.54. The smallest absolute Gasteiger partial charge is 0.233 e. The number of nitrogens with zero attached hydrogens (tertiary/aromatic N) is 2. The van der Waals surface area contributed by atoms with E-state index in [0.29, 0.717) is 6.54 Å². The van der Waals surface area contributed by atoms with Crippen LogP contribution in [0.5, 0.6) is 0 Å². The number of aryl methyl sites for hydroxylation is 1. The molecule has 0 unspecified atom stereocenters. The Morgan fingerprint density at radius 2 is 1.69 bits per heavy atom. The molecule has 1 aliphatic heterocycles. The van der Waals surface area contributed by atoms with Crippen molar-refractivity contribution in [2.75, 3.05) is 27.2 Å². The lowest BCUT2D eigenvalue weighted by molar-refractivity contribution is -0.140. The van der Waals surface area contributed by atoms with E-state index in [1.165, 1.54) is 10.5 Å². The summed E-state index contributed by atoms with van der Waals surface area (Å²) in [6.07, 6.45) is 4.79. The highest BCUT2D eigenvalue weighted by Crippen LogP contribution is 2.37. The van der Waals surface area contributed by atoms with E-state index < -0.39 is 0 Å². The Hall–Kier alpha value is -2.21. The lowest BCUT2D eigenvalue weighted by Crippen LogP contribution is -2.38. The number of likely N-dealkylation sites (tertiary alicyclic amines) is 1. The summed E-state index contributed by atoms with van der Waals surface area (Å²) in [7, 11) is 3.99. The highest BCUT2D eigenvalue weighted by Gasteiger charge is 2.47. The third-order valence-corrected chi connectivity index (χ3v) is 6.38. The van der Waals surface area contributed by atoms with Gasteiger partial charge in [0, 0.05) is 19.5 Å². The Bertz CT molecular complexity index is 720. The maximum Gasteiger partial charge on any atom is 0.233 e. The van der Waals surface area contributed by atoms with E-state index in [0.717, 1.165) is 37.7 Å². The number of nitrogens with one attached hydrogen (secondary N) is 1. The minimum Gasteiger partial charge on any atom is -0.354 e. The lowest BCUT2D eigenvalue weighted by atomic mass is 9.81. The van der Waals surface area contributed by atoms with Gasteiger partial charge in [-0.3, -0.25) is 19.3 Å². The summed E-state index contributed by atoms with van der Waals surface area (Å²) in [5.74, 6) is -0.575. The van der Waals surface area contributed by atoms with E-state index >= 15 is 0 Å². The molecule has 0 aromatic heterocycles. The number of imide groups is 1. The highest BCUT2D eigenvalue weighted by atomic mass is 16.2. The summed E-state index contributed by atoms with van der Waals surface area (Å²) >= 11 is 0. The first kappa shape index (κ1) is 21.5. The molecule has 1 saturated carbocycles. The number of fused-ring (bicyclic) bond motifs is 1. The van der Waals surface area contributed by atoms with Crippen molar-refractivity contribution >= 4 is 17.7 Å². The summed E-state index contributed by atoms with van der Waals surface area (Å²) in [5.41, 5.74) is 2.44. The maximum atomic E-state index is 12.5. The minimum atomic E-state index is -0.150. The van der Waals surface area contributed by atoms with Crippen molar-refractivity contribution in [1.29, 1.82) is 0 Å². The van der Waals surface area contributed by atoms with E-state index in [4.69, 9.17) is 0 Å². The van der Waals surface area contributed by atoms with Crippen molar-refractivity contribution < 1.29 is 14.4 Å². The van der Waals surface area contributed by atoms with Gasteiger partial charge in [-0.15, -0.1) is 0 Å². The van der Waals surface area contributed by atoms with E-state index in [-0.39, 0.29) is 48.6 Å². The number of benzene rings is 1. The molecule has 6 heteroatoms. The monoisotopic (exact) mass is 399 g/mol. The lowest BCUT2D eigenvalue weighted by Gasteiger charge is -2.25. The molecule has 3 atom stereocenters. The van der Waals surface area contributed by atoms with Crippen molar-refractivity contribution in [2.24, 2.45) is 11.8 Å². The molecule has 0 radical (unpaired) electrons. The molecule has 1 aromatic carbocycles. The van der Waals surface area contributed by atoms with Crippen molar-refractivity contribution in [2.45, 2.75) is 51.5 Å².